The number of aryl methyl sites for hydroxylation is 1. The third-order valence-electron chi connectivity index (χ3n) is 3.68. The lowest BCUT2D eigenvalue weighted by molar-refractivity contribution is 0.387. The molecule has 0 bridgehead atoms. The summed E-state index contributed by atoms with van der Waals surface area (Å²) in [4.78, 5) is 19.1. The zero-order chi connectivity index (χ0) is 14.4. The fourth-order valence-electron chi connectivity index (χ4n) is 2.81. The maximum Gasteiger partial charge on any atom is 0.251 e. The number of H-pyrrole nitrogens is 1. The van der Waals surface area contributed by atoms with Crippen LogP contribution in [-0.2, 0) is 6.42 Å². The Morgan fingerprint density at radius 3 is 3.05 bits per heavy atom. The molecule has 1 saturated carbocycles. The van der Waals surface area contributed by atoms with Gasteiger partial charge in [-0.1, -0.05) is 38.5 Å². The summed E-state index contributed by atoms with van der Waals surface area (Å²) in [6.07, 6.45) is 6.81. The van der Waals surface area contributed by atoms with Crippen molar-refractivity contribution in [3.63, 3.8) is 0 Å². The van der Waals surface area contributed by atoms with E-state index in [0.717, 1.165) is 30.2 Å². The van der Waals surface area contributed by atoms with E-state index < -0.39 is 0 Å². The molecule has 2 unspecified atom stereocenters. The first-order valence-corrected chi connectivity index (χ1v) is 8.59. The van der Waals surface area contributed by atoms with Crippen LogP contribution in [-0.4, -0.2) is 27.8 Å². The molecule has 0 saturated heterocycles. The predicted molar refractivity (Wildman–Crippen MR) is 84.4 cm³/mol. The number of aromatic nitrogens is 2. The quantitative estimate of drug-likeness (QED) is 0.792. The lowest BCUT2D eigenvalue weighted by atomic mass is 9.95. The molecule has 0 radical (unpaired) electrons. The van der Waals surface area contributed by atoms with Gasteiger partial charge in [-0.3, -0.25) is 4.79 Å². The summed E-state index contributed by atoms with van der Waals surface area (Å²) in [5.74, 6) is 0. The van der Waals surface area contributed by atoms with Crippen LogP contribution in [0.1, 0.15) is 51.6 Å². The van der Waals surface area contributed by atoms with Crippen LogP contribution in [0.5, 0.6) is 0 Å². The van der Waals surface area contributed by atoms with Crippen molar-refractivity contribution in [2.45, 2.75) is 68.8 Å². The molecule has 1 heterocycles. The van der Waals surface area contributed by atoms with Gasteiger partial charge in [0.05, 0.1) is 0 Å². The summed E-state index contributed by atoms with van der Waals surface area (Å²) in [6.45, 7) is 5.30. The molecule has 20 heavy (non-hydrogen) atoms. The first kappa shape index (κ1) is 15.6. The van der Waals surface area contributed by atoms with Gasteiger partial charge in [-0.05, 0) is 32.2 Å². The van der Waals surface area contributed by atoms with Crippen LogP contribution >= 0.6 is 11.8 Å². The number of nitrogens with one attached hydrogen (secondary N) is 2. The minimum atomic E-state index is -0.0232. The lowest BCUT2D eigenvalue weighted by Crippen LogP contribution is -2.35. The van der Waals surface area contributed by atoms with Crippen LogP contribution in [0.15, 0.2) is 16.0 Å². The fourth-order valence-corrected chi connectivity index (χ4v) is 4.07. The second-order valence-corrected chi connectivity index (χ2v) is 6.74. The minimum absolute atomic E-state index is 0.0232. The van der Waals surface area contributed by atoms with E-state index in [-0.39, 0.29) is 5.56 Å². The summed E-state index contributed by atoms with van der Waals surface area (Å²) >= 11 is 1.74. The van der Waals surface area contributed by atoms with Gasteiger partial charge in [-0.15, -0.1) is 0 Å². The molecule has 2 rings (SSSR count). The van der Waals surface area contributed by atoms with Gasteiger partial charge >= 0.3 is 0 Å². The van der Waals surface area contributed by atoms with Gasteiger partial charge in [0.1, 0.15) is 0 Å². The third kappa shape index (κ3) is 4.63. The number of rotatable bonds is 6. The summed E-state index contributed by atoms with van der Waals surface area (Å²) < 4.78 is 0. The maximum absolute atomic E-state index is 11.7. The van der Waals surface area contributed by atoms with E-state index in [1.54, 1.807) is 17.8 Å². The van der Waals surface area contributed by atoms with Crippen LogP contribution in [0.4, 0.5) is 0 Å². The summed E-state index contributed by atoms with van der Waals surface area (Å²) in [5, 5.41) is 4.89. The molecule has 1 aromatic rings. The van der Waals surface area contributed by atoms with Gasteiger partial charge < -0.3 is 10.3 Å². The van der Waals surface area contributed by atoms with E-state index in [1.807, 2.05) is 0 Å². The smallest absolute Gasteiger partial charge is 0.251 e. The summed E-state index contributed by atoms with van der Waals surface area (Å²) in [6, 6.07) is 2.24. The Labute approximate surface area is 125 Å². The van der Waals surface area contributed by atoms with Crippen molar-refractivity contribution >= 4 is 11.8 Å². The molecular formula is C15H25N3OS. The Hall–Kier alpha value is -0.810. The second-order valence-electron chi connectivity index (χ2n) is 5.45. The van der Waals surface area contributed by atoms with Gasteiger partial charge in [0.25, 0.3) is 5.56 Å². The molecule has 2 N–H and O–H groups in total. The van der Waals surface area contributed by atoms with Crippen LogP contribution in [0.2, 0.25) is 0 Å². The number of aromatic amines is 1. The normalized spacial score (nSPS) is 22.9. The van der Waals surface area contributed by atoms with E-state index in [1.165, 1.54) is 25.7 Å². The zero-order valence-corrected chi connectivity index (χ0v) is 13.3. The average molecular weight is 295 g/mol. The van der Waals surface area contributed by atoms with Gasteiger partial charge in [0.2, 0.25) is 0 Å². The molecule has 0 amide bonds. The van der Waals surface area contributed by atoms with Gasteiger partial charge in [0, 0.05) is 23.1 Å². The van der Waals surface area contributed by atoms with Crippen molar-refractivity contribution in [2.75, 3.05) is 6.54 Å². The topological polar surface area (TPSA) is 57.8 Å². The third-order valence-corrected chi connectivity index (χ3v) is 4.85. The molecule has 0 aliphatic heterocycles. The van der Waals surface area contributed by atoms with Gasteiger partial charge in [0.15, 0.2) is 5.16 Å². The summed E-state index contributed by atoms with van der Waals surface area (Å²) in [5.41, 5.74) is 0.891. The summed E-state index contributed by atoms with van der Waals surface area (Å²) in [7, 11) is 0. The van der Waals surface area contributed by atoms with E-state index in [2.05, 4.69) is 29.1 Å². The van der Waals surface area contributed by atoms with Crippen molar-refractivity contribution in [1.82, 2.24) is 15.3 Å². The molecule has 112 valence electrons. The van der Waals surface area contributed by atoms with Crippen molar-refractivity contribution in [1.29, 1.82) is 0 Å². The van der Waals surface area contributed by atoms with E-state index in [4.69, 9.17) is 0 Å². The monoisotopic (exact) mass is 295 g/mol. The van der Waals surface area contributed by atoms with Crippen molar-refractivity contribution in [3.05, 3.63) is 22.1 Å². The van der Waals surface area contributed by atoms with Crippen LogP contribution in [0.25, 0.3) is 0 Å². The highest BCUT2D eigenvalue weighted by molar-refractivity contribution is 7.99. The maximum atomic E-state index is 11.7. The largest absolute Gasteiger partial charge is 0.314 e. The highest BCUT2D eigenvalue weighted by Crippen LogP contribution is 2.31. The molecule has 0 aromatic carbocycles. The second kappa shape index (κ2) is 7.84. The Balaban J connectivity index is 2.00. The van der Waals surface area contributed by atoms with Crippen molar-refractivity contribution in [2.24, 2.45) is 0 Å². The Bertz CT molecular complexity index is 472. The molecule has 4 nitrogen and oxygen atoms in total. The molecule has 0 spiro atoms. The number of hydrogen-bond acceptors (Lipinski definition) is 4. The SMILES string of the molecule is CCCc1cc(=O)[nH]c(SC2CCCC(NCC)C2)n1. The van der Waals surface area contributed by atoms with Crippen LogP contribution < -0.4 is 10.9 Å². The number of nitrogens with zero attached hydrogens (tertiary/aromatic N) is 1. The Morgan fingerprint density at radius 2 is 2.30 bits per heavy atom. The van der Waals surface area contributed by atoms with E-state index in [0.29, 0.717) is 11.3 Å². The standard InChI is InChI=1S/C15H25N3OS/c1-3-6-12-10-14(19)18-15(17-12)20-13-8-5-7-11(9-13)16-4-2/h10-11,13,16H,3-9H2,1-2H3,(H,17,18,19). The van der Waals surface area contributed by atoms with Crippen molar-refractivity contribution in [3.8, 4) is 0 Å². The molecule has 1 aliphatic carbocycles. The molecule has 1 aromatic heterocycles. The van der Waals surface area contributed by atoms with E-state index in [9.17, 15) is 4.79 Å². The first-order chi connectivity index (χ1) is 9.71. The highest BCUT2D eigenvalue weighted by atomic mass is 32.2. The molecule has 5 heteroatoms. The fraction of sp³-hybridized carbons (Fsp3) is 0.733. The Kier molecular flexibility index (Phi) is 6.10. The lowest BCUT2D eigenvalue weighted by Gasteiger charge is -2.28. The van der Waals surface area contributed by atoms with E-state index >= 15 is 0 Å². The van der Waals surface area contributed by atoms with Gasteiger partial charge in [-0.2, -0.15) is 0 Å². The molecule has 1 fully saturated rings. The van der Waals surface area contributed by atoms with Crippen LogP contribution in [0, 0.1) is 0 Å². The highest BCUT2D eigenvalue weighted by Gasteiger charge is 2.22. The minimum Gasteiger partial charge on any atom is -0.314 e. The molecule has 2 atom stereocenters. The predicted octanol–water partition coefficient (Wildman–Crippen LogP) is 2.74. The molecule has 1 aliphatic rings. The zero-order valence-electron chi connectivity index (χ0n) is 12.4. The number of thioether (sulfide) groups is 1. The number of hydrogen-bond donors (Lipinski definition) is 2. The van der Waals surface area contributed by atoms with Crippen molar-refractivity contribution < 1.29 is 0 Å². The van der Waals surface area contributed by atoms with Crippen LogP contribution in [0.3, 0.4) is 0 Å². The van der Waals surface area contributed by atoms with Gasteiger partial charge in [-0.25, -0.2) is 4.98 Å². The average Bonchev–Trinajstić information content (AvgIpc) is 2.39. The Morgan fingerprint density at radius 1 is 1.45 bits per heavy atom. The molecular weight excluding hydrogens is 270 g/mol. The first-order valence-electron chi connectivity index (χ1n) is 7.71.